The van der Waals surface area contributed by atoms with Crippen LogP contribution in [0.25, 0.3) is 0 Å². The van der Waals surface area contributed by atoms with E-state index >= 15 is 0 Å². The molecule has 0 aliphatic heterocycles. The summed E-state index contributed by atoms with van der Waals surface area (Å²) in [5.74, 6) is 1.09. The van der Waals surface area contributed by atoms with Gasteiger partial charge >= 0.3 is 5.69 Å². The predicted molar refractivity (Wildman–Crippen MR) is 96.7 cm³/mol. The van der Waals surface area contributed by atoms with Crippen molar-refractivity contribution in [1.82, 2.24) is 9.13 Å². The van der Waals surface area contributed by atoms with E-state index in [1.807, 2.05) is 13.8 Å². The molecule has 132 valence electrons. The van der Waals surface area contributed by atoms with Crippen molar-refractivity contribution < 1.29 is 9.09 Å². The maximum Gasteiger partial charge on any atom is 0.330 e. The summed E-state index contributed by atoms with van der Waals surface area (Å²) in [6.07, 6.45) is 1.62. The van der Waals surface area contributed by atoms with Gasteiger partial charge in [0, 0.05) is 37.8 Å². The van der Waals surface area contributed by atoms with Gasteiger partial charge in [0.05, 0.1) is 6.61 Å². The van der Waals surface area contributed by atoms with E-state index in [9.17, 15) is 14.2 Å². The first-order chi connectivity index (χ1) is 10.6. The van der Waals surface area contributed by atoms with E-state index in [2.05, 4.69) is 0 Å². The number of aryl methyl sites for hydroxylation is 1. The van der Waals surface area contributed by atoms with Crippen molar-refractivity contribution in [3.05, 3.63) is 32.6 Å². The van der Waals surface area contributed by atoms with Crippen LogP contribution in [0.3, 0.4) is 0 Å². The quantitative estimate of drug-likeness (QED) is 0.499. The molecule has 1 aromatic rings. The Kier molecular flexibility index (Phi) is 7.84. The average Bonchev–Trinajstić information content (AvgIpc) is 2.46. The number of nitrogens with zero attached hydrogens (tertiary/aromatic N) is 2. The minimum atomic E-state index is -2.59. The predicted octanol–water partition coefficient (Wildman–Crippen LogP) is 2.86. The van der Waals surface area contributed by atoms with Crippen LogP contribution in [0.2, 0.25) is 0 Å². The van der Waals surface area contributed by atoms with Gasteiger partial charge in [0.15, 0.2) is 0 Å². The molecule has 8 heteroatoms. The van der Waals surface area contributed by atoms with Crippen molar-refractivity contribution in [2.45, 2.75) is 40.2 Å². The van der Waals surface area contributed by atoms with Crippen LogP contribution in [0.1, 0.15) is 32.4 Å². The zero-order valence-electron chi connectivity index (χ0n) is 14.6. The van der Waals surface area contributed by atoms with Crippen molar-refractivity contribution in [2.24, 2.45) is 13.0 Å². The van der Waals surface area contributed by atoms with Crippen LogP contribution in [0.4, 0.5) is 0 Å². The van der Waals surface area contributed by atoms with Crippen LogP contribution < -0.4 is 11.2 Å². The lowest BCUT2D eigenvalue weighted by Gasteiger charge is -2.15. The van der Waals surface area contributed by atoms with Crippen molar-refractivity contribution >= 4 is 18.0 Å². The summed E-state index contributed by atoms with van der Waals surface area (Å²) in [5, 5.41) is 0. The third kappa shape index (κ3) is 6.69. The molecular weight excluding hydrogens is 335 g/mol. The first-order valence-electron chi connectivity index (χ1n) is 7.78. The highest BCUT2D eigenvalue weighted by molar-refractivity contribution is 8.56. The fourth-order valence-electron chi connectivity index (χ4n) is 1.98. The maximum atomic E-state index is 12.2. The summed E-state index contributed by atoms with van der Waals surface area (Å²) < 4.78 is 20.4. The average molecular weight is 362 g/mol. The molecule has 0 aliphatic carbocycles. The molecule has 0 N–H and O–H groups in total. The van der Waals surface area contributed by atoms with Gasteiger partial charge in [-0.15, -0.1) is 0 Å². The molecule has 0 radical (unpaired) electrons. The van der Waals surface area contributed by atoms with Crippen LogP contribution in [-0.2, 0) is 22.7 Å². The molecule has 0 spiro atoms. The SMILES string of the molecule is Cc1cc(=O)n(C)c(=O)n1CCCCSP(C)(=O)OCC(C)C. The second-order valence-electron chi connectivity index (χ2n) is 6.12. The van der Waals surface area contributed by atoms with Crippen molar-refractivity contribution in [1.29, 1.82) is 0 Å². The number of hydrogen-bond acceptors (Lipinski definition) is 5. The Labute approximate surface area is 141 Å². The summed E-state index contributed by atoms with van der Waals surface area (Å²) in [6, 6.07) is 1.47. The minimum absolute atomic E-state index is 0.284. The first kappa shape index (κ1) is 20.3. The fraction of sp³-hybridized carbons (Fsp3) is 0.733. The second-order valence-corrected chi connectivity index (χ2v) is 11.4. The maximum absolute atomic E-state index is 12.2. The number of unbranched alkanes of at least 4 members (excludes halogenated alkanes) is 1. The Morgan fingerprint density at radius 3 is 2.57 bits per heavy atom. The van der Waals surface area contributed by atoms with E-state index in [1.54, 1.807) is 18.2 Å². The molecule has 0 amide bonds. The Bertz CT molecular complexity index is 681. The summed E-state index contributed by atoms with van der Waals surface area (Å²) in [6.45, 7) is 5.94. The Balaban J connectivity index is 2.45. The van der Waals surface area contributed by atoms with E-state index in [0.29, 0.717) is 24.8 Å². The van der Waals surface area contributed by atoms with E-state index in [0.717, 1.165) is 23.2 Å². The molecule has 1 atom stereocenters. The standard InChI is InChI=1S/C15H27N2O4PS/c1-12(2)11-21-22(5,20)23-9-7-6-8-17-13(3)10-14(18)16(4)15(17)19/h10,12H,6-9,11H2,1-5H3. The van der Waals surface area contributed by atoms with Gasteiger partial charge < -0.3 is 4.52 Å². The topological polar surface area (TPSA) is 70.3 Å². The lowest BCUT2D eigenvalue weighted by molar-refractivity contribution is 0.282. The zero-order chi connectivity index (χ0) is 17.6. The van der Waals surface area contributed by atoms with E-state index in [1.165, 1.54) is 24.5 Å². The van der Waals surface area contributed by atoms with Gasteiger partial charge in [0.2, 0.25) is 0 Å². The van der Waals surface area contributed by atoms with Crippen LogP contribution in [0, 0.1) is 12.8 Å². The molecule has 0 aliphatic rings. The summed E-state index contributed by atoms with van der Waals surface area (Å²) >= 11 is 1.36. The highest BCUT2D eigenvalue weighted by atomic mass is 32.7. The van der Waals surface area contributed by atoms with Crippen molar-refractivity contribution in [2.75, 3.05) is 19.0 Å². The molecule has 0 fully saturated rings. The molecule has 6 nitrogen and oxygen atoms in total. The number of aromatic nitrogens is 2. The van der Waals surface area contributed by atoms with Crippen molar-refractivity contribution in [3.8, 4) is 0 Å². The van der Waals surface area contributed by atoms with Gasteiger partial charge in [0.1, 0.15) is 0 Å². The third-order valence-corrected chi connectivity index (χ3v) is 7.18. The van der Waals surface area contributed by atoms with Crippen LogP contribution >= 0.6 is 18.0 Å². The Morgan fingerprint density at radius 2 is 1.96 bits per heavy atom. The van der Waals surface area contributed by atoms with Gasteiger partial charge in [-0.2, -0.15) is 0 Å². The normalized spacial score (nSPS) is 14.2. The Hall–Kier alpha value is -0.780. The van der Waals surface area contributed by atoms with Gasteiger partial charge in [-0.05, 0) is 25.7 Å². The van der Waals surface area contributed by atoms with Crippen LogP contribution in [0.15, 0.2) is 15.7 Å². The van der Waals surface area contributed by atoms with Gasteiger partial charge in [-0.1, -0.05) is 25.2 Å². The number of hydrogen-bond donors (Lipinski definition) is 0. The Morgan fingerprint density at radius 1 is 1.30 bits per heavy atom. The van der Waals surface area contributed by atoms with E-state index in [-0.39, 0.29) is 11.2 Å². The van der Waals surface area contributed by atoms with Gasteiger partial charge in [-0.3, -0.25) is 18.5 Å². The largest absolute Gasteiger partial charge is 0.330 e. The summed E-state index contributed by atoms with van der Waals surface area (Å²) in [7, 11) is 1.48. The fourth-order valence-corrected chi connectivity index (χ4v) is 5.07. The molecule has 0 aromatic carbocycles. The van der Waals surface area contributed by atoms with Crippen LogP contribution in [-0.4, -0.2) is 28.2 Å². The molecular formula is C15H27N2O4PS. The highest BCUT2D eigenvalue weighted by Gasteiger charge is 2.16. The first-order valence-corrected chi connectivity index (χ1v) is 11.4. The summed E-state index contributed by atoms with van der Waals surface area (Å²) in [4.78, 5) is 23.5. The highest BCUT2D eigenvalue weighted by Crippen LogP contribution is 2.56. The third-order valence-electron chi connectivity index (χ3n) is 3.35. The number of rotatable bonds is 9. The molecule has 0 saturated carbocycles. The molecule has 1 aromatic heterocycles. The molecule has 1 rings (SSSR count). The molecule has 1 unspecified atom stereocenters. The van der Waals surface area contributed by atoms with Gasteiger partial charge in [0.25, 0.3) is 12.1 Å². The van der Waals surface area contributed by atoms with E-state index < -0.39 is 6.57 Å². The molecule has 23 heavy (non-hydrogen) atoms. The lowest BCUT2D eigenvalue weighted by Crippen LogP contribution is -2.38. The zero-order valence-corrected chi connectivity index (χ0v) is 16.3. The van der Waals surface area contributed by atoms with Crippen LogP contribution in [0.5, 0.6) is 0 Å². The second kappa shape index (κ2) is 8.90. The van der Waals surface area contributed by atoms with Crippen molar-refractivity contribution in [3.63, 3.8) is 0 Å². The summed E-state index contributed by atoms with van der Waals surface area (Å²) in [5.41, 5.74) is 0.102. The van der Waals surface area contributed by atoms with E-state index in [4.69, 9.17) is 4.52 Å². The molecule has 1 heterocycles. The lowest BCUT2D eigenvalue weighted by atomic mass is 10.2. The molecule has 0 bridgehead atoms. The molecule has 0 saturated heterocycles. The smallest absolute Gasteiger partial charge is 0.321 e. The monoisotopic (exact) mass is 362 g/mol. The minimum Gasteiger partial charge on any atom is -0.321 e. The van der Waals surface area contributed by atoms with Gasteiger partial charge in [-0.25, -0.2) is 4.79 Å².